The Bertz CT molecular complexity index is 1480. The Morgan fingerprint density at radius 3 is 2.20 bits per heavy atom. The van der Waals surface area contributed by atoms with Crippen molar-refractivity contribution >= 4 is 28.2 Å². The van der Waals surface area contributed by atoms with E-state index in [2.05, 4.69) is 71.6 Å². The van der Waals surface area contributed by atoms with Gasteiger partial charge in [0.15, 0.2) is 5.76 Å². The van der Waals surface area contributed by atoms with Gasteiger partial charge in [0.25, 0.3) is 5.91 Å². The number of likely N-dealkylation sites (tertiary alicyclic amines) is 1. The van der Waals surface area contributed by atoms with Crippen LogP contribution in [0.2, 0.25) is 0 Å². The van der Waals surface area contributed by atoms with Crippen LogP contribution in [0.15, 0.2) is 48.7 Å². The van der Waals surface area contributed by atoms with Crippen LogP contribution in [-0.4, -0.2) is 92.8 Å². The third kappa shape index (κ3) is 7.58. The van der Waals surface area contributed by atoms with Crippen LogP contribution >= 0.6 is 0 Å². The number of methoxy groups -OCH3 is 2. The first-order valence-corrected chi connectivity index (χ1v) is 15.2. The number of aromatic nitrogens is 2. The SMILES string of the molecule is C=C(OC)C(=O)N1CCN(c2nc(OC)nc3c2CCN(c2cccc4cccc(C)c24)C3)CC1.CC#N.CN1CCCC1. The zero-order chi connectivity index (χ0) is 31.6. The summed E-state index contributed by atoms with van der Waals surface area (Å²) < 4.78 is 10.5. The van der Waals surface area contributed by atoms with Gasteiger partial charge in [-0.2, -0.15) is 15.2 Å². The molecule has 0 atom stereocenters. The number of carbonyl (C=O) groups excluding carboxylic acids is 1. The molecule has 0 spiro atoms. The number of rotatable bonds is 5. The van der Waals surface area contributed by atoms with E-state index < -0.39 is 0 Å². The lowest BCUT2D eigenvalue weighted by atomic mass is 9.99. The van der Waals surface area contributed by atoms with Crippen molar-refractivity contribution in [3.63, 3.8) is 0 Å². The minimum Gasteiger partial charge on any atom is -0.492 e. The van der Waals surface area contributed by atoms with E-state index >= 15 is 0 Å². The number of piperazine rings is 1. The number of anilines is 2. The minimum absolute atomic E-state index is 0.157. The second-order valence-corrected chi connectivity index (χ2v) is 11.2. The van der Waals surface area contributed by atoms with E-state index in [1.54, 1.807) is 18.1 Å². The normalized spacial score (nSPS) is 16.1. The summed E-state index contributed by atoms with van der Waals surface area (Å²) in [7, 11) is 5.25. The van der Waals surface area contributed by atoms with E-state index in [-0.39, 0.29) is 11.7 Å². The molecule has 44 heavy (non-hydrogen) atoms. The highest BCUT2D eigenvalue weighted by molar-refractivity contribution is 5.97. The molecule has 0 bridgehead atoms. The molecule has 3 aliphatic rings. The zero-order valence-electron chi connectivity index (χ0n) is 26.8. The first-order chi connectivity index (χ1) is 21.3. The van der Waals surface area contributed by atoms with Gasteiger partial charge in [-0.3, -0.25) is 4.79 Å². The summed E-state index contributed by atoms with van der Waals surface area (Å²) in [6, 6.07) is 15.1. The molecule has 0 N–H and O–H groups in total. The Labute approximate surface area is 261 Å². The molecule has 10 nitrogen and oxygen atoms in total. The van der Waals surface area contributed by atoms with E-state index in [4.69, 9.17) is 24.7 Å². The number of nitriles is 1. The summed E-state index contributed by atoms with van der Waals surface area (Å²) in [5.41, 5.74) is 4.67. The number of amides is 1. The molecule has 0 saturated carbocycles. The van der Waals surface area contributed by atoms with Gasteiger partial charge >= 0.3 is 6.01 Å². The van der Waals surface area contributed by atoms with E-state index in [0.717, 1.165) is 24.5 Å². The van der Waals surface area contributed by atoms with Crippen LogP contribution < -0.4 is 14.5 Å². The van der Waals surface area contributed by atoms with Gasteiger partial charge in [0.2, 0.25) is 0 Å². The highest BCUT2D eigenvalue weighted by Gasteiger charge is 2.30. The van der Waals surface area contributed by atoms with Gasteiger partial charge in [-0.1, -0.05) is 36.9 Å². The Morgan fingerprint density at radius 1 is 0.955 bits per heavy atom. The van der Waals surface area contributed by atoms with Crippen LogP contribution in [0, 0.1) is 18.3 Å². The van der Waals surface area contributed by atoms with Crippen molar-refractivity contribution in [3.05, 3.63) is 65.6 Å². The van der Waals surface area contributed by atoms with Gasteiger partial charge in [0.05, 0.1) is 32.5 Å². The Morgan fingerprint density at radius 2 is 1.61 bits per heavy atom. The molecule has 234 valence electrons. The summed E-state index contributed by atoms with van der Waals surface area (Å²) in [6.45, 7) is 14.0. The van der Waals surface area contributed by atoms with Crippen molar-refractivity contribution in [3.8, 4) is 12.1 Å². The van der Waals surface area contributed by atoms with Crippen LogP contribution in [0.1, 0.15) is 36.6 Å². The fourth-order valence-corrected chi connectivity index (χ4v) is 5.98. The lowest BCUT2D eigenvalue weighted by molar-refractivity contribution is -0.130. The van der Waals surface area contributed by atoms with Crippen molar-refractivity contribution in [1.82, 2.24) is 19.8 Å². The molecule has 4 heterocycles. The quantitative estimate of drug-likeness (QED) is 0.309. The van der Waals surface area contributed by atoms with Crippen LogP contribution in [0.25, 0.3) is 10.8 Å². The molecule has 3 aromatic rings. The maximum absolute atomic E-state index is 12.4. The average molecular weight is 600 g/mol. The first-order valence-electron chi connectivity index (χ1n) is 15.2. The lowest BCUT2D eigenvalue weighted by Crippen LogP contribution is -2.50. The number of fused-ring (bicyclic) bond motifs is 2. The van der Waals surface area contributed by atoms with Crippen LogP contribution in [0.3, 0.4) is 0 Å². The van der Waals surface area contributed by atoms with Gasteiger partial charge in [-0.15, -0.1) is 0 Å². The molecule has 2 aromatic carbocycles. The van der Waals surface area contributed by atoms with Crippen molar-refractivity contribution in [2.45, 2.75) is 39.7 Å². The highest BCUT2D eigenvalue weighted by Crippen LogP contribution is 2.35. The fraction of sp³-hybridized carbons (Fsp3) is 0.471. The van der Waals surface area contributed by atoms with E-state index in [0.29, 0.717) is 38.7 Å². The van der Waals surface area contributed by atoms with Crippen molar-refractivity contribution in [1.29, 1.82) is 5.26 Å². The third-order valence-corrected chi connectivity index (χ3v) is 8.32. The lowest BCUT2D eigenvalue weighted by Gasteiger charge is -2.38. The predicted molar refractivity (Wildman–Crippen MR) is 175 cm³/mol. The van der Waals surface area contributed by atoms with Crippen LogP contribution in [0.4, 0.5) is 11.5 Å². The van der Waals surface area contributed by atoms with Crippen LogP contribution in [-0.2, 0) is 22.5 Å². The Hall–Kier alpha value is -4.36. The number of aryl methyl sites for hydroxylation is 1. The van der Waals surface area contributed by atoms with E-state index in [9.17, 15) is 4.79 Å². The summed E-state index contributed by atoms with van der Waals surface area (Å²) in [5.74, 6) is 0.928. The van der Waals surface area contributed by atoms with Crippen LogP contribution in [0.5, 0.6) is 6.01 Å². The van der Waals surface area contributed by atoms with E-state index in [1.165, 1.54) is 67.6 Å². The van der Waals surface area contributed by atoms with Crippen molar-refractivity contribution < 1.29 is 14.3 Å². The zero-order valence-corrected chi connectivity index (χ0v) is 26.8. The molecule has 0 unspecified atom stereocenters. The molecule has 0 aliphatic carbocycles. The standard InChI is InChI=1S/C27H31N5O3.C5H11N.C2H3N/c1-18-7-5-8-20-9-6-10-23(24(18)20)32-12-11-21-22(17-32)28-27(35-4)29-25(21)30-13-15-31(16-14-30)26(33)19(2)34-3;1-6-4-2-3-5-6;1-2-3/h5-10H,2,11-17H2,1,3-4H3;2-5H2,1H3;1H3. The maximum Gasteiger partial charge on any atom is 0.318 e. The largest absolute Gasteiger partial charge is 0.492 e. The number of nitrogens with zero attached hydrogens (tertiary/aromatic N) is 7. The topological polar surface area (TPSA) is 98.1 Å². The smallest absolute Gasteiger partial charge is 0.318 e. The van der Waals surface area contributed by atoms with Crippen molar-refractivity contribution in [2.24, 2.45) is 0 Å². The summed E-state index contributed by atoms with van der Waals surface area (Å²) >= 11 is 0. The summed E-state index contributed by atoms with van der Waals surface area (Å²) in [5, 5.41) is 9.86. The molecule has 3 aliphatic heterocycles. The number of benzene rings is 2. The molecule has 10 heteroatoms. The summed E-state index contributed by atoms with van der Waals surface area (Å²) in [4.78, 5) is 30.7. The van der Waals surface area contributed by atoms with Gasteiger partial charge < -0.3 is 29.1 Å². The molecule has 2 fully saturated rings. The highest BCUT2D eigenvalue weighted by atomic mass is 16.5. The molecule has 0 radical (unpaired) electrons. The van der Waals surface area contributed by atoms with Crippen molar-refractivity contribution in [2.75, 3.05) is 76.9 Å². The average Bonchev–Trinajstić information content (AvgIpc) is 3.54. The van der Waals surface area contributed by atoms with Gasteiger partial charge in [0.1, 0.15) is 5.82 Å². The minimum atomic E-state index is -0.157. The maximum atomic E-state index is 12.4. The monoisotopic (exact) mass is 599 g/mol. The Kier molecular flexibility index (Phi) is 11.4. The molecule has 2 saturated heterocycles. The molecular weight excluding hydrogens is 554 g/mol. The number of ether oxygens (including phenoxy) is 2. The van der Waals surface area contributed by atoms with Gasteiger partial charge in [-0.05, 0) is 63.3 Å². The predicted octanol–water partition coefficient (Wildman–Crippen LogP) is 4.56. The number of hydrogen-bond acceptors (Lipinski definition) is 9. The molecular formula is C34H45N7O3. The van der Waals surface area contributed by atoms with Gasteiger partial charge in [-0.25, -0.2) is 0 Å². The van der Waals surface area contributed by atoms with E-state index in [1.807, 2.05) is 0 Å². The van der Waals surface area contributed by atoms with Gasteiger partial charge in [0, 0.05) is 56.3 Å². The molecule has 1 amide bonds. The molecule has 6 rings (SSSR count). The summed E-state index contributed by atoms with van der Waals surface area (Å²) in [6.07, 6.45) is 3.67. The molecule has 1 aromatic heterocycles. The first kappa shape index (κ1) is 32.6. The Balaban J connectivity index is 0.000000427. The number of hydrogen-bond donors (Lipinski definition) is 0. The number of carbonyl (C=O) groups is 1. The third-order valence-electron chi connectivity index (χ3n) is 8.32. The fourth-order valence-electron chi connectivity index (χ4n) is 5.98. The second-order valence-electron chi connectivity index (χ2n) is 11.2. The second kappa shape index (κ2) is 15.4.